The SMILES string of the molecule is Clc1ccc(-c2csc(Sc3nnnn3-c3ccc(Br)s3)n2)cc1. The van der Waals surface area contributed by atoms with Crippen LogP contribution in [0, 0.1) is 0 Å². The third-order valence-corrected chi connectivity index (χ3v) is 6.74. The van der Waals surface area contributed by atoms with E-state index in [9.17, 15) is 0 Å². The summed E-state index contributed by atoms with van der Waals surface area (Å²) in [7, 11) is 0. The average molecular weight is 457 g/mol. The third kappa shape index (κ3) is 3.40. The Morgan fingerprint density at radius 1 is 1.12 bits per heavy atom. The van der Waals surface area contributed by atoms with Crippen molar-refractivity contribution < 1.29 is 0 Å². The number of aromatic nitrogens is 5. The van der Waals surface area contributed by atoms with Crippen LogP contribution in [0.4, 0.5) is 0 Å². The molecule has 0 N–H and O–H groups in total. The monoisotopic (exact) mass is 455 g/mol. The minimum Gasteiger partial charge on any atom is -0.229 e. The van der Waals surface area contributed by atoms with Crippen LogP contribution in [0.2, 0.25) is 5.02 Å². The predicted molar refractivity (Wildman–Crippen MR) is 101 cm³/mol. The Morgan fingerprint density at radius 2 is 1.96 bits per heavy atom. The van der Waals surface area contributed by atoms with Crippen LogP contribution in [-0.2, 0) is 0 Å². The first-order valence-electron chi connectivity index (χ1n) is 6.62. The fourth-order valence-electron chi connectivity index (χ4n) is 1.93. The normalized spacial score (nSPS) is 11.1. The summed E-state index contributed by atoms with van der Waals surface area (Å²) in [6.45, 7) is 0. The Labute approximate surface area is 162 Å². The smallest absolute Gasteiger partial charge is 0.221 e. The highest BCUT2D eigenvalue weighted by atomic mass is 79.9. The van der Waals surface area contributed by atoms with E-state index in [0.717, 1.165) is 24.4 Å². The zero-order chi connectivity index (χ0) is 16.5. The third-order valence-electron chi connectivity index (χ3n) is 3.01. The Morgan fingerprint density at radius 3 is 2.71 bits per heavy atom. The topological polar surface area (TPSA) is 56.5 Å². The van der Waals surface area contributed by atoms with E-state index in [1.165, 1.54) is 11.8 Å². The highest BCUT2D eigenvalue weighted by molar-refractivity contribution is 9.11. The van der Waals surface area contributed by atoms with Gasteiger partial charge in [0.2, 0.25) is 5.16 Å². The molecule has 0 saturated heterocycles. The molecule has 10 heteroatoms. The van der Waals surface area contributed by atoms with Gasteiger partial charge in [-0.25, -0.2) is 4.98 Å². The lowest BCUT2D eigenvalue weighted by molar-refractivity contribution is 0.768. The van der Waals surface area contributed by atoms with Crippen LogP contribution in [0.3, 0.4) is 0 Å². The molecule has 4 aromatic rings. The summed E-state index contributed by atoms with van der Waals surface area (Å²) in [6, 6.07) is 11.6. The molecule has 1 aromatic carbocycles. The van der Waals surface area contributed by atoms with Crippen LogP contribution in [0.25, 0.3) is 16.3 Å². The van der Waals surface area contributed by atoms with Gasteiger partial charge in [-0.15, -0.1) is 27.8 Å². The molecule has 24 heavy (non-hydrogen) atoms. The van der Waals surface area contributed by atoms with Crippen molar-refractivity contribution >= 4 is 62.0 Å². The number of hydrogen-bond donors (Lipinski definition) is 0. The van der Waals surface area contributed by atoms with E-state index in [0.29, 0.717) is 10.2 Å². The van der Waals surface area contributed by atoms with Gasteiger partial charge in [0.1, 0.15) is 5.00 Å². The Kier molecular flexibility index (Phi) is 4.68. The van der Waals surface area contributed by atoms with Gasteiger partial charge >= 0.3 is 0 Å². The summed E-state index contributed by atoms with van der Waals surface area (Å²) < 4.78 is 3.62. The quantitative estimate of drug-likeness (QED) is 0.411. The van der Waals surface area contributed by atoms with Gasteiger partial charge in [0, 0.05) is 16.0 Å². The lowest BCUT2D eigenvalue weighted by atomic mass is 10.2. The number of rotatable bonds is 4. The van der Waals surface area contributed by atoms with Crippen LogP contribution >= 0.6 is 62.0 Å². The maximum atomic E-state index is 5.93. The van der Waals surface area contributed by atoms with Crippen molar-refractivity contribution in [1.82, 2.24) is 25.2 Å². The van der Waals surface area contributed by atoms with Gasteiger partial charge in [-0.2, -0.15) is 4.68 Å². The highest BCUT2D eigenvalue weighted by Gasteiger charge is 2.14. The van der Waals surface area contributed by atoms with Crippen molar-refractivity contribution in [3.63, 3.8) is 0 Å². The first kappa shape index (κ1) is 16.2. The number of benzene rings is 1. The molecule has 5 nitrogen and oxygen atoms in total. The molecule has 0 aliphatic rings. The Hall–Kier alpha value is -1.26. The van der Waals surface area contributed by atoms with E-state index in [1.54, 1.807) is 27.4 Å². The van der Waals surface area contributed by atoms with Crippen molar-refractivity contribution in [2.24, 2.45) is 0 Å². The van der Waals surface area contributed by atoms with E-state index in [1.807, 2.05) is 41.8 Å². The van der Waals surface area contributed by atoms with Gasteiger partial charge in [-0.05, 0) is 62.4 Å². The molecule has 0 unspecified atom stereocenters. The molecule has 0 aliphatic carbocycles. The molecular weight excluding hydrogens is 450 g/mol. The van der Waals surface area contributed by atoms with Crippen molar-refractivity contribution in [3.05, 3.63) is 50.6 Å². The number of thiazole rings is 1. The maximum Gasteiger partial charge on any atom is 0.221 e. The van der Waals surface area contributed by atoms with Gasteiger partial charge < -0.3 is 0 Å². The van der Waals surface area contributed by atoms with Crippen LogP contribution in [0.15, 0.2) is 55.1 Å². The van der Waals surface area contributed by atoms with Crippen molar-refractivity contribution in [2.75, 3.05) is 0 Å². The standard InChI is InChI=1S/C14H7BrClN5S3/c15-11-5-6-12(23-11)21-13(18-19-20-21)24-14-17-10(7-22-14)8-1-3-9(16)4-2-8/h1-7H. The van der Waals surface area contributed by atoms with Crippen molar-refractivity contribution in [1.29, 1.82) is 0 Å². The molecule has 0 bridgehead atoms. The summed E-state index contributed by atoms with van der Waals surface area (Å²) in [5.41, 5.74) is 1.95. The second kappa shape index (κ2) is 6.93. The minimum absolute atomic E-state index is 0.682. The first-order chi connectivity index (χ1) is 11.7. The molecule has 0 aliphatic heterocycles. The number of hydrogen-bond acceptors (Lipinski definition) is 7. The Bertz CT molecular complexity index is 978. The van der Waals surface area contributed by atoms with Gasteiger partial charge in [0.05, 0.1) is 9.48 Å². The molecule has 0 fully saturated rings. The van der Waals surface area contributed by atoms with E-state index < -0.39 is 0 Å². The lowest BCUT2D eigenvalue weighted by Gasteiger charge is -1.99. The molecule has 0 amide bonds. The fraction of sp³-hybridized carbons (Fsp3) is 0. The summed E-state index contributed by atoms with van der Waals surface area (Å²) >= 11 is 14.0. The molecule has 3 heterocycles. The summed E-state index contributed by atoms with van der Waals surface area (Å²) in [4.78, 5) is 4.65. The first-order valence-corrected chi connectivity index (χ1v) is 10.3. The van der Waals surface area contributed by atoms with Gasteiger partial charge in [-0.3, -0.25) is 0 Å². The van der Waals surface area contributed by atoms with Gasteiger partial charge in [0.15, 0.2) is 4.34 Å². The fourth-order valence-corrected chi connectivity index (χ4v) is 5.14. The molecule has 0 spiro atoms. The van der Waals surface area contributed by atoms with E-state index >= 15 is 0 Å². The number of tetrazole rings is 1. The van der Waals surface area contributed by atoms with E-state index in [2.05, 4.69) is 36.4 Å². The largest absolute Gasteiger partial charge is 0.229 e. The van der Waals surface area contributed by atoms with Gasteiger partial charge in [0.25, 0.3) is 0 Å². The van der Waals surface area contributed by atoms with Crippen molar-refractivity contribution in [2.45, 2.75) is 9.50 Å². The zero-order valence-corrected chi connectivity index (χ0v) is 16.5. The summed E-state index contributed by atoms with van der Waals surface area (Å²) in [6.07, 6.45) is 0. The zero-order valence-electron chi connectivity index (χ0n) is 11.8. The molecule has 0 radical (unpaired) electrons. The Balaban J connectivity index is 1.59. The lowest BCUT2D eigenvalue weighted by Crippen LogP contribution is -1.95. The van der Waals surface area contributed by atoms with Crippen LogP contribution < -0.4 is 0 Å². The number of nitrogens with zero attached hydrogens (tertiary/aromatic N) is 5. The molecule has 4 rings (SSSR count). The number of halogens is 2. The second-order valence-corrected chi connectivity index (χ2v) is 9.51. The van der Waals surface area contributed by atoms with Crippen molar-refractivity contribution in [3.8, 4) is 16.3 Å². The minimum atomic E-state index is 0.682. The van der Waals surface area contributed by atoms with E-state index in [4.69, 9.17) is 11.6 Å². The number of thiophene rings is 1. The highest BCUT2D eigenvalue weighted by Crippen LogP contribution is 2.34. The van der Waals surface area contributed by atoms with E-state index in [-0.39, 0.29) is 0 Å². The van der Waals surface area contributed by atoms with Gasteiger partial charge in [-0.1, -0.05) is 23.7 Å². The van der Waals surface area contributed by atoms with Crippen LogP contribution in [-0.4, -0.2) is 25.2 Å². The molecule has 3 aromatic heterocycles. The molecule has 0 atom stereocenters. The average Bonchev–Trinajstić information content (AvgIpc) is 3.30. The molecule has 120 valence electrons. The molecule has 0 saturated carbocycles. The maximum absolute atomic E-state index is 5.93. The predicted octanol–water partition coefficient (Wildman–Crippen LogP) is 5.41. The summed E-state index contributed by atoms with van der Waals surface area (Å²) in [5.74, 6) is 0. The summed E-state index contributed by atoms with van der Waals surface area (Å²) in [5, 5.41) is 16.3. The second-order valence-electron chi connectivity index (χ2n) is 4.56. The van der Waals surface area contributed by atoms with Crippen LogP contribution in [0.5, 0.6) is 0 Å². The molecular formula is C14H7BrClN5S3. The van der Waals surface area contributed by atoms with Crippen LogP contribution in [0.1, 0.15) is 0 Å².